The van der Waals surface area contributed by atoms with Gasteiger partial charge in [0.05, 0.1) is 11.4 Å². The summed E-state index contributed by atoms with van der Waals surface area (Å²) in [6, 6.07) is 3.64. The molecule has 3 atom stereocenters. The Morgan fingerprint density at radius 1 is 1.16 bits per heavy atom. The third kappa shape index (κ3) is 4.03. The molecule has 1 aromatic carbocycles. The summed E-state index contributed by atoms with van der Waals surface area (Å²) in [7, 11) is 0. The van der Waals surface area contributed by atoms with Crippen molar-refractivity contribution in [2.45, 2.75) is 63.4 Å². The highest BCUT2D eigenvalue weighted by molar-refractivity contribution is 5.94. The lowest BCUT2D eigenvalue weighted by Gasteiger charge is -2.38. The molecule has 2 saturated carbocycles. The molecule has 2 fully saturated rings. The van der Waals surface area contributed by atoms with E-state index in [1.54, 1.807) is 12.1 Å². The Kier molecular flexibility index (Phi) is 5.16. The smallest absolute Gasteiger partial charge is 0.221 e. The van der Waals surface area contributed by atoms with Crippen LogP contribution < -0.4 is 11.1 Å². The van der Waals surface area contributed by atoms with Gasteiger partial charge >= 0.3 is 0 Å². The van der Waals surface area contributed by atoms with E-state index in [2.05, 4.69) is 22.6 Å². The zero-order valence-corrected chi connectivity index (χ0v) is 17.7. The lowest BCUT2D eigenvalue weighted by atomic mass is 9.82. The van der Waals surface area contributed by atoms with E-state index in [1.165, 1.54) is 5.57 Å². The van der Waals surface area contributed by atoms with Crippen molar-refractivity contribution in [1.82, 2.24) is 10.3 Å². The predicted molar refractivity (Wildman–Crippen MR) is 113 cm³/mol. The van der Waals surface area contributed by atoms with Crippen molar-refractivity contribution in [3.8, 4) is 0 Å². The molecule has 3 unspecified atom stereocenters. The van der Waals surface area contributed by atoms with Crippen LogP contribution in [0.4, 0.5) is 11.4 Å². The van der Waals surface area contributed by atoms with Crippen LogP contribution in [-0.4, -0.2) is 38.6 Å². The van der Waals surface area contributed by atoms with Gasteiger partial charge in [0.1, 0.15) is 0 Å². The third-order valence-electron chi connectivity index (χ3n) is 7.05. The van der Waals surface area contributed by atoms with Gasteiger partial charge in [-0.2, -0.15) is 9.78 Å². The molecule has 2 bridgehead atoms. The Morgan fingerprint density at radius 2 is 1.94 bits per heavy atom. The number of hydrogen-bond donors (Lipinski definition) is 4. The van der Waals surface area contributed by atoms with E-state index in [9.17, 15) is 10.2 Å². The first kappa shape index (κ1) is 20.7. The molecule has 1 heterocycles. The third-order valence-corrected chi connectivity index (χ3v) is 7.05. The number of aromatic nitrogens is 2. The summed E-state index contributed by atoms with van der Waals surface area (Å²) in [4.78, 5) is 11.0. The van der Waals surface area contributed by atoms with Gasteiger partial charge in [0, 0.05) is 25.3 Å². The van der Waals surface area contributed by atoms with Crippen molar-refractivity contribution in [2.24, 2.45) is 17.8 Å². The number of nitrogens with one attached hydrogen (secondary N) is 1. The SMILES string of the molecule is CC1CC2=CC(O)(OOC3(O)CCC(CNc4ccc(N)c5nonc45)CC3)C(C2)C1. The maximum absolute atomic E-state index is 10.9. The van der Waals surface area contributed by atoms with E-state index in [1.807, 2.05) is 6.07 Å². The van der Waals surface area contributed by atoms with Gasteiger partial charge in [-0.15, -0.1) is 0 Å². The first-order valence-corrected chi connectivity index (χ1v) is 11.1. The largest absolute Gasteiger partial charge is 0.397 e. The molecule has 3 aliphatic rings. The molecule has 5 N–H and O–H groups in total. The second-order valence-corrected chi connectivity index (χ2v) is 9.60. The number of allylic oxidation sites excluding steroid dienone is 1. The van der Waals surface area contributed by atoms with Gasteiger partial charge < -0.3 is 21.3 Å². The summed E-state index contributed by atoms with van der Waals surface area (Å²) in [5.41, 5.74) is 9.62. The zero-order valence-electron chi connectivity index (χ0n) is 17.7. The van der Waals surface area contributed by atoms with Crippen molar-refractivity contribution >= 4 is 22.4 Å². The standard InChI is InChI=1S/C22H30N4O5/c1-13-8-15-10-16(9-13)22(28,11-15)30-29-21(27)6-4-14(5-7-21)12-24-18-3-2-17(23)19-20(18)26-31-25-19/h2-3,11,13-14,16,24,27-28H,4-10,12,23H2,1H3. The number of benzene rings is 1. The Morgan fingerprint density at radius 3 is 2.74 bits per heavy atom. The average Bonchev–Trinajstić information content (AvgIpc) is 3.32. The molecule has 168 valence electrons. The van der Waals surface area contributed by atoms with Crippen LogP contribution in [0.15, 0.2) is 28.4 Å². The fraction of sp³-hybridized carbons (Fsp3) is 0.636. The zero-order chi connectivity index (χ0) is 21.6. The van der Waals surface area contributed by atoms with Crippen LogP contribution >= 0.6 is 0 Å². The number of hydrogen-bond acceptors (Lipinski definition) is 9. The fourth-order valence-corrected chi connectivity index (χ4v) is 5.28. The van der Waals surface area contributed by atoms with E-state index in [0.717, 1.165) is 44.3 Å². The molecule has 9 heteroatoms. The van der Waals surface area contributed by atoms with E-state index in [0.29, 0.717) is 41.4 Å². The Hall–Kier alpha value is -2.20. The molecule has 0 amide bonds. The average molecular weight is 431 g/mol. The van der Waals surface area contributed by atoms with Crippen LogP contribution in [-0.2, 0) is 9.78 Å². The minimum Gasteiger partial charge on any atom is -0.397 e. The maximum atomic E-state index is 10.9. The molecular formula is C22H30N4O5. The van der Waals surface area contributed by atoms with Crippen LogP contribution in [0.5, 0.6) is 0 Å². The summed E-state index contributed by atoms with van der Waals surface area (Å²) in [5, 5.41) is 32.9. The summed E-state index contributed by atoms with van der Waals surface area (Å²) < 4.78 is 4.81. The summed E-state index contributed by atoms with van der Waals surface area (Å²) in [6.07, 6.45) is 6.93. The van der Waals surface area contributed by atoms with Crippen LogP contribution in [0.3, 0.4) is 0 Å². The van der Waals surface area contributed by atoms with Gasteiger partial charge in [0.2, 0.25) is 5.79 Å². The Bertz CT molecular complexity index is 983. The molecule has 9 nitrogen and oxygen atoms in total. The summed E-state index contributed by atoms with van der Waals surface area (Å²) in [5.74, 6) is -1.92. The molecular weight excluding hydrogens is 400 g/mol. The number of nitrogen functional groups attached to an aromatic ring is 1. The van der Waals surface area contributed by atoms with Crippen molar-refractivity contribution < 1.29 is 24.6 Å². The van der Waals surface area contributed by atoms with Crippen LogP contribution in [0, 0.1) is 17.8 Å². The molecule has 0 spiro atoms. The second kappa shape index (κ2) is 7.74. The molecule has 1 aromatic heterocycles. The van der Waals surface area contributed by atoms with Crippen molar-refractivity contribution in [3.63, 3.8) is 0 Å². The minimum atomic E-state index is -1.43. The predicted octanol–water partition coefficient (Wildman–Crippen LogP) is 3.11. The number of nitrogens with two attached hydrogens (primary N) is 1. The summed E-state index contributed by atoms with van der Waals surface area (Å²) >= 11 is 0. The van der Waals surface area contributed by atoms with Crippen molar-refractivity contribution in [1.29, 1.82) is 0 Å². The number of aliphatic hydroxyl groups is 2. The van der Waals surface area contributed by atoms with Crippen LogP contribution in [0.1, 0.15) is 51.9 Å². The number of fused-ring (bicyclic) bond motifs is 3. The first-order chi connectivity index (χ1) is 14.8. The Labute approximate surface area is 180 Å². The van der Waals surface area contributed by atoms with Crippen LogP contribution in [0.2, 0.25) is 0 Å². The van der Waals surface area contributed by atoms with E-state index < -0.39 is 11.6 Å². The van der Waals surface area contributed by atoms with Gasteiger partial charge in [-0.1, -0.05) is 12.5 Å². The first-order valence-electron chi connectivity index (χ1n) is 11.1. The molecule has 0 aliphatic heterocycles. The lowest BCUT2D eigenvalue weighted by molar-refractivity contribution is -0.494. The Balaban J connectivity index is 1.13. The van der Waals surface area contributed by atoms with Crippen molar-refractivity contribution in [3.05, 3.63) is 23.8 Å². The van der Waals surface area contributed by atoms with Gasteiger partial charge in [-0.05, 0) is 72.5 Å². The molecule has 31 heavy (non-hydrogen) atoms. The molecule has 5 rings (SSSR count). The van der Waals surface area contributed by atoms with Crippen molar-refractivity contribution in [2.75, 3.05) is 17.6 Å². The molecule has 0 radical (unpaired) electrons. The quantitative estimate of drug-likeness (QED) is 0.179. The normalized spacial score (nSPS) is 35.3. The van der Waals surface area contributed by atoms with E-state index in [4.69, 9.17) is 20.1 Å². The highest BCUT2D eigenvalue weighted by atomic mass is 17.2. The monoisotopic (exact) mass is 430 g/mol. The van der Waals surface area contributed by atoms with Crippen LogP contribution in [0.25, 0.3) is 11.0 Å². The van der Waals surface area contributed by atoms with Gasteiger partial charge in [-0.25, -0.2) is 4.63 Å². The minimum absolute atomic E-state index is 0.00171. The highest BCUT2D eigenvalue weighted by Gasteiger charge is 2.48. The van der Waals surface area contributed by atoms with Gasteiger partial charge in [0.25, 0.3) is 0 Å². The van der Waals surface area contributed by atoms with Gasteiger partial charge in [-0.3, -0.25) is 0 Å². The number of nitrogens with zero attached hydrogens (tertiary/aromatic N) is 2. The second-order valence-electron chi connectivity index (χ2n) is 9.60. The number of rotatable bonds is 6. The van der Waals surface area contributed by atoms with E-state index in [-0.39, 0.29) is 5.92 Å². The highest BCUT2D eigenvalue weighted by Crippen LogP contribution is 2.47. The lowest BCUT2D eigenvalue weighted by Crippen LogP contribution is -2.44. The number of anilines is 2. The molecule has 3 aliphatic carbocycles. The van der Waals surface area contributed by atoms with Gasteiger partial charge in [0.15, 0.2) is 16.8 Å². The topological polar surface area (TPSA) is 136 Å². The fourth-order valence-electron chi connectivity index (χ4n) is 5.28. The molecule has 0 saturated heterocycles. The van der Waals surface area contributed by atoms with E-state index >= 15 is 0 Å². The molecule has 2 aromatic rings. The maximum Gasteiger partial charge on any atom is 0.221 e. The summed E-state index contributed by atoms with van der Waals surface area (Å²) in [6.45, 7) is 2.91.